The molecule has 0 N–H and O–H groups in total. The van der Waals surface area contributed by atoms with Crippen molar-refractivity contribution in [2.45, 2.75) is 0 Å². The molecule has 0 amide bonds. The summed E-state index contributed by atoms with van der Waals surface area (Å²) in [5, 5.41) is 10.0. The first-order valence-electron chi connectivity index (χ1n) is 2.55. The lowest BCUT2D eigenvalue weighted by Crippen LogP contribution is -2.44. The Kier molecular flexibility index (Phi) is 1.47. The van der Waals surface area contributed by atoms with Crippen molar-refractivity contribution < 1.29 is 4.84 Å². The van der Waals surface area contributed by atoms with Gasteiger partial charge in [0.05, 0.1) is 19.1 Å². The topological polar surface area (TPSA) is 36.3 Å². The third kappa shape index (κ3) is 0.808. The van der Waals surface area contributed by atoms with Gasteiger partial charge in [-0.05, 0) is 0 Å². The number of hydroxylamine groups is 2. The number of hydrogen-bond donors (Lipinski definition) is 0. The molecule has 0 saturated carbocycles. The Hall–Kier alpha value is -0.590. The van der Waals surface area contributed by atoms with E-state index in [-0.39, 0.29) is 5.92 Å². The van der Waals surface area contributed by atoms with Crippen molar-refractivity contribution in [2.24, 2.45) is 5.92 Å². The Labute approximate surface area is 48.4 Å². The van der Waals surface area contributed by atoms with Gasteiger partial charge in [-0.2, -0.15) is 10.3 Å². The van der Waals surface area contributed by atoms with Gasteiger partial charge in [0.25, 0.3) is 0 Å². The molecule has 3 heteroatoms. The minimum atomic E-state index is 0.204. The van der Waals surface area contributed by atoms with Crippen LogP contribution in [-0.2, 0) is 4.84 Å². The number of nitrogens with zero attached hydrogens (tertiary/aromatic N) is 2. The van der Waals surface area contributed by atoms with Crippen molar-refractivity contribution in [1.29, 1.82) is 5.26 Å². The molecule has 1 rings (SSSR count). The predicted molar refractivity (Wildman–Crippen MR) is 27.7 cm³/mol. The Morgan fingerprint density at radius 3 is 2.75 bits per heavy atom. The largest absolute Gasteiger partial charge is 0.302 e. The zero-order valence-electron chi connectivity index (χ0n) is 4.79. The van der Waals surface area contributed by atoms with Crippen LogP contribution in [0.2, 0.25) is 0 Å². The van der Waals surface area contributed by atoms with Gasteiger partial charge in [0.15, 0.2) is 0 Å². The van der Waals surface area contributed by atoms with Gasteiger partial charge in [-0.3, -0.25) is 0 Å². The summed E-state index contributed by atoms with van der Waals surface area (Å²) >= 11 is 0. The molecule has 0 radical (unpaired) electrons. The summed E-state index contributed by atoms with van der Waals surface area (Å²) < 4.78 is 0. The maximum absolute atomic E-state index is 8.27. The summed E-state index contributed by atoms with van der Waals surface area (Å²) in [6.45, 7) is 1.54. The van der Waals surface area contributed by atoms with Crippen LogP contribution in [0.15, 0.2) is 0 Å². The molecular weight excluding hydrogens is 104 g/mol. The molecule has 1 aliphatic heterocycles. The van der Waals surface area contributed by atoms with E-state index in [0.29, 0.717) is 0 Å². The monoisotopic (exact) mass is 112 g/mol. The first kappa shape index (κ1) is 5.54. The predicted octanol–water partition coefficient (Wildman–Crippen LogP) is 0.00318. The van der Waals surface area contributed by atoms with Crippen molar-refractivity contribution >= 4 is 0 Å². The molecule has 0 unspecified atom stereocenters. The summed E-state index contributed by atoms with van der Waals surface area (Å²) in [5.74, 6) is 0.204. The van der Waals surface area contributed by atoms with E-state index in [4.69, 9.17) is 10.1 Å². The summed E-state index contributed by atoms with van der Waals surface area (Å²) in [7, 11) is 1.62. The Balaban J connectivity index is 2.14. The average Bonchev–Trinajstić information content (AvgIpc) is 1.65. The maximum atomic E-state index is 8.27. The third-order valence-electron chi connectivity index (χ3n) is 1.29. The molecule has 0 atom stereocenters. The highest BCUT2D eigenvalue weighted by Gasteiger charge is 2.25. The quantitative estimate of drug-likeness (QED) is 0.479. The molecule has 1 aliphatic rings. The van der Waals surface area contributed by atoms with Crippen LogP contribution in [0.25, 0.3) is 0 Å². The van der Waals surface area contributed by atoms with Crippen molar-refractivity contribution in [3.8, 4) is 6.07 Å². The zero-order chi connectivity index (χ0) is 5.98. The minimum absolute atomic E-state index is 0.204. The molecule has 0 aromatic rings. The van der Waals surface area contributed by atoms with E-state index in [9.17, 15) is 0 Å². The van der Waals surface area contributed by atoms with Gasteiger partial charge >= 0.3 is 0 Å². The molecule has 0 spiro atoms. The Morgan fingerprint density at radius 1 is 1.75 bits per heavy atom. The van der Waals surface area contributed by atoms with Gasteiger partial charge in [0.1, 0.15) is 0 Å². The second-order valence-corrected chi connectivity index (χ2v) is 1.86. The summed E-state index contributed by atoms with van der Waals surface area (Å²) in [6, 6.07) is 2.14. The van der Waals surface area contributed by atoms with Crippen LogP contribution in [0, 0.1) is 17.2 Å². The van der Waals surface area contributed by atoms with Gasteiger partial charge in [0, 0.05) is 13.1 Å². The third-order valence-corrected chi connectivity index (χ3v) is 1.29. The fraction of sp³-hybridized carbons (Fsp3) is 0.800. The van der Waals surface area contributed by atoms with E-state index < -0.39 is 0 Å². The van der Waals surface area contributed by atoms with E-state index in [2.05, 4.69) is 6.07 Å². The fourth-order valence-electron chi connectivity index (χ4n) is 0.669. The number of hydrogen-bond acceptors (Lipinski definition) is 3. The van der Waals surface area contributed by atoms with E-state index >= 15 is 0 Å². The number of nitriles is 1. The standard InChI is InChI=1S/C5H8N2O/c1-8-7-3-5(2-6)4-7/h5H,3-4H2,1H3. The molecular formula is C5H8N2O. The Morgan fingerprint density at radius 2 is 2.38 bits per heavy atom. The van der Waals surface area contributed by atoms with Crippen molar-refractivity contribution in [3.05, 3.63) is 0 Å². The van der Waals surface area contributed by atoms with Crippen molar-refractivity contribution in [2.75, 3.05) is 20.2 Å². The van der Waals surface area contributed by atoms with Crippen LogP contribution in [-0.4, -0.2) is 25.3 Å². The summed E-state index contributed by atoms with van der Waals surface area (Å²) in [4.78, 5) is 4.80. The molecule has 0 aliphatic carbocycles. The maximum Gasteiger partial charge on any atom is 0.0763 e. The summed E-state index contributed by atoms with van der Waals surface area (Å²) in [5.41, 5.74) is 0. The highest BCUT2D eigenvalue weighted by molar-refractivity contribution is 4.91. The van der Waals surface area contributed by atoms with Gasteiger partial charge in [-0.25, -0.2) is 0 Å². The molecule has 1 fully saturated rings. The average molecular weight is 112 g/mol. The second kappa shape index (κ2) is 2.12. The van der Waals surface area contributed by atoms with Crippen LogP contribution < -0.4 is 0 Å². The van der Waals surface area contributed by atoms with Gasteiger partial charge in [-0.15, -0.1) is 0 Å². The van der Waals surface area contributed by atoms with Gasteiger partial charge in [0.2, 0.25) is 0 Å². The smallest absolute Gasteiger partial charge is 0.0763 e. The SMILES string of the molecule is CON1CC(C#N)C1. The number of rotatable bonds is 1. The molecule has 1 saturated heterocycles. The first-order chi connectivity index (χ1) is 3.86. The van der Waals surface area contributed by atoms with Crippen LogP contribution in [0.3, 0.4) is 0 Å². The van der Waals surface area contributed by atoms with Crippen LogP contribution in [0.4, 0.5) is 0 Å². The molecule has 0 aromatic carbocycles. The normalized spacial score (nSPS) is 22.0. The highest BCUT2D eigenvalue weighted by atomic mass is 16.7. The minimum Gasteiger partial charge on any atom is -0.302 e. The lowest BCUT2D eigenvalue weighted by molar-refractivity contribution is -0.187. The molecule has 0 bridgehead atoms. The van der Waals surface area contributed by atoms with E-state index in [1.54, 1.807) is 12.2 Å². The van der Waals surface area contributed by atoms with E-state index in [1.165, 1.54) is 0 Å². The van der Waals surface area contributed by atoms with E-state index in [0.717, 1.165) is 13.1 Å². The molecule has 8 heavy (non-hydrogen) atoms. The van der Waals surface area contributed by atoms with Crippen molar-refractivity contribution in [1.82, 2.24) is 5.06 Å². The van der Waals surface area contributed by atoms with Crippen LogP contribution in [0.5, 0.6) is 0 Å². The fourth-order valence-corrected chi connectivity index (χ4v) is 0.669. The summed E-state index contributed by atoms with van der Waals surface area (Å²) in [6.07, 6.45) is 0. The Bertz CT molecular complexity index is 112. The van der Waals surface area contributed by atoms with Gasteiger partial charge in [-0.1, -0.05) is 0 Å². The molecule has 0 aromatic heterocycles. The first-order valence-corrected chi connectivity index (χ1v) is 2.55. The highest BCUT2D eigenvalue weighted by Crippen LogP contribution is 2.12. The van der Waals surface area contributed by atoms with E-state index in [1.807, 2.05) is 0 Å². The lowest BCUT2D eigenvalue weighted by atomic mass is 10.1. The lowest BCUT2D eigenvalue weighted by Gasteiger charge is -2.32. The molecule has 44 valence electrons. The zero-order valence-corrected chi connectivity index (χ0v) is 4.79. The molecule has 1 heterocycles. The molecule has 3 nitrogen and oxygen atoms in total. The second-order valence-electron chi connectivity index (χ2n) is 1.86. The van der Waals surface area contributed by atoms with Gasteiger partial charge < -0.3 is 4.84 Å². The van der Waals surface area contributed by atoms with Crippen molar-refractivity contribution in [3.63, 3.8) is 0 Å². The van der Waals surface area contributed by atoms with Crippen LogP contribution >= 0.6 is 0 Å². The van der Waals surface area contributed by atoms with Crippen LogP contribution in [0.1, 0.15) is 0 Å².